The summed E-state index contributed by atoms with van der Waals surface area (Å²) < 4.78 is 0. The number of aliphatic hydroxyl groups excluding tert-OH is 1. The van der Waals surface area contributed by atoms with E-state index >= 15 is 0 Å². The molecule has 6 N–H and O–H groups in total. The number of hydrogen-bond donors (Lipinski definition) is 4. The molecule has 2 unspecified atom stereocenters. The van der Waals surface area contributed by atoms with Crippen molar-refractivity contribution in [3.8, 4) is 0 Å². The van der Waals surface area contributed by atoms with E-state index in [4.69, 9.17) is 11.5 Å². The average Bonchev–Trinajstić information content (AvgIpc) is 3.11. The molecule has 0 aromatic carbocycles. The number of aromatic nitrogens is 2. The number of rotatable bonds is 3. The maximum Gasteiger partial charge on any atom is 0.280 e. The molecule has 22 heavy (non-hydrogen) atoms. The molecular weight excluding hydrogens is 282 g/mol. The molecular formula is C15H21N5O2. The summed E-state index contributed by atoms with van der Waals surface area (Å²) in [5, 5.41) is 9.57. The second kappa shape index (κ2) is 4.67. The van der Waals surface area contributed by atoms with Crippen molar-refractivity contribution in [2.45, 2.75) is 26.2 Å². The van der Waals surface area contributed by atoms with E-state index in [1.807, 2.05) is 6.92 Å². The van der Waals surface area contributed by atoms with E-state index in [2.05, 4.69) is 21.5 Å². The highest BCUT2D eigenvalue weighted by atomic mass is 16.3. The standard InChI is InChI=1S/C15H21N5O2/c1-8-14(2,7-21)3-4-15(8)5-9(15)6-18-10-11(16)19-13(17)20-12(10)22/h6,9,21H,1,3-5,7H2,2H3,(H5,16,17,19,20,22)/t9?,14?,15-/m1/s1. The van der Waals surface area contributed by atoms with Crippen molar-refractivity contribution in [3.05, 3.63) is 22.5 Å². The first-order chi connectivity index (χ1) is 10.3. The van der Waals surface area contributed by atoms with E-state index in [0.29, 0.717) is 0 Å². The molecule has 0 bridgehead atoms. The number of nitrogens with one attached hydrogen (secondary N) is 1. The molecule has 1 aromatic heterocycles. The largest absolute Gasteiger partial charge is 0.395 e. The van der Waals surface area contributed by atoms with Crippen LogP contribution in [0.25, 0.3) is 0 Å². The van der Waals surface area contributed by atoms with Gasteiger partial charge in [0.2, 0.25) is 5.95 Å². The Morgan fingerprint density at radius 2 is 2.27 bits per heavy atom. The first-order valence-corrected chi connectivity index (χ1v) is 7.32. The van der Waals surface area contributed by atoms with Crippen LogP contribution >= 0.6 is 0 Å². The van der Waals surface area contributed by atoms with E-state index in [1.54, 1.807) is 6.21 Å². The molecule has 0 saturated heterocycles. The lowest BCUT2D eigenvalue weighted by molar-refractivity contribution is 0.179. The highest BCUT2D eigenvalue weighted by Gasteiger charge is 2.62. The van der Waals surface area contributed by atoms with Crippen molar-refractivity contribution < 1.29 is 5.11 Å². The molecule has 0 aliphatic heterocycles. The monoisotopic (exact) mass is 303 g/mol. The van der Waals surface area contributed by atoms with Crippen LogP contribution in [0.15, 0.2) is 21.9 Å². The predicted octanol–water partition coefficient (Wildman–Crippen LogP) is 0.992. The summed E-state index contributed by atoms with van der Waals surface area (Å²) in [6, 6.07) is 0. The number of nitrogens with two attached hydrogens (primary N) is 2. The van der Waals surface area contributed by atoms with Crippen LogP contribution in [-0.2, 0) is 0 Å². The average molecular weight is 303 g/mol. The molecule has 7 nitrogen and oxygen atoms in total. The van der Waals surface area contributed by atoms with Crippen LogP contribution in [-0.4, -0.2) is 27.9 Å². The zero-order valence-corrected chi connectivity index (χ0v) is 12.6. The van der Waals surface area contributed by atoms with Crippen LogP contribution in [0.2, 0.25) is 0 Å². The fourth-order valence-electron chi connectivity index (χ4n) is 3.53. The topological polar surface area (TPSA) is 130 Å². The second-order valence-electron chi connectivity index (χ2n) is 6.63. The number of aliphatic hydroxyl groups is 1. The molecule has 1 aromatic rings. The molecule has 118 valence electrons. The Bertz CT molecular complexity index is 725. The van der Waals surface area contributed by atoms with Gasteiger partial charge in [0.25, 0.3) is 5.56 Å². The number of nitrogens with zero attached hydrogens (tertiary/aromatic N) is 2. The first kappa shape index (κ1) is 14.8. The van der Waals surface area contributed by atoms with E-state index < -0.39 is 5.56 Å². The number of anilines is 2. The quantitative estimate of drug-likeness (QED) is 0.488. The van der Waals surface area contributed by atoms with Crippen molar-refractivity contribution in [2.75, 3.05) is 18.1 Å². The summed E-state index contributed by atoms with van der Waals surface area (Å²) in [5.41, 5.74) is 11.7. The molecule has 1 spiro atoms. The van der Waals surface area contributed by atoms with E-state index in [0.717, 1.165) is 24.8 Å². The first-order valence-electron chi connectivity index (χ1n) is 7.32. The smallest absolute Gasteiger partial charge is 0.280 e. The fourth-order valence-corrected chi connectivity index (χ4v) is 3.53. The van der Waals surface area contributed by atoms with Gasteiger partial charge in [0.15, 0.2) is 11.5 Å². The van der Waals surface area contributed by atoms with Crippen molar-refractivity contribution in [2.24, 2.45) is 21.7 Å². The highest BCUT2D eigenvalue weighted by molar-refractivity contribution is 5.74. The molecule has 0 radical (unpaired) electrons. The SMILES string of the molecule is C=C1C(C)(CO)CC[C@@]12CC2C=Nc1c(N)nc(N)[nH]c1=O. The third-order valence-electron chi connectivity index (χ3n) is 5.26. The van der Waals surface area contributed by atoms with Crippen LogP contribution in [0.4, 0.5) is 17.5 Å². The van der Waals surface area contributed by atoms with E-state index in [9.17, 15) is 9.90 Å². The van der Waals surface area contributed by atoms with Gasteiger partial charge in [-0.25, -0.2) is 0 Å². The lowest BCUT2D eigenvalue weighted by Crippen LogP contribution is -2.20. The molecule has 1 heterocycles. The number of H-pyrrole nitrogens is 1. The predicted molar refractivity (Wildman–Crippen MR) is 85.9 cm³/mol. The van der Waals surface area contributed by atoms with Crippen LogP contribution in [0.3, 0.4) is 0 Å². The van der Waals surface area contributed by atoms with Gasteiger partial charge in [0.1, 0.15) is 0 Å². The van der Waals surface area contributed by atoms with Crippen molar-refractivity contribution >= 4 is 23.7 Å². The highest BCUT2D eigenvalue weighted by Crippen LogP contribution is 2.69. The van der Waals surface area contributed by atoms with Gasteiger partial charge >= 0.3 is 0 Å². The number of nitrogen functional groups attached to an aromatic ring is 2. The minimum absolute atomic E-state index is 0.0176. The lowest BCUT2D eigenvalue weighted by atomic mass is 9.82. The summed E-state index contributed by atoms with van der Waals surface area (Å²) in [5.74, 6) is 0.231. The summed E-state index contributed by atoms with van der Waals surface area (Å²) in [6.45, 7) is 6.36. The normalized spacial score (nSPS) is 33.9. The zero-order chi connectivity index (χ0) is 16.1. The van der Waals surface area contributed by atoms with Gasteiger partial charge < -0.3 is 16.6 Å². The van der Waals surface area contributed by atoms with Gasteiger partial charge in [-0.2, -0.15) is 4.98 Å². The third-order valence-corrected chi connectivity index (χ3v) is 5.26. The molecule has 2 aliphatic carbocycles. The summed E-state index contributed by atoms with van der Waals surface area (Å²) in [4.78, 5) is 22.2. The lowest BCUT2D eigenvalue weighted by Gasteiger charge is -2.24. The second-order valence-corrected chi connectivity index (χ2v) is 6.63. The van der Waals surface area contributed by atoms with Gasteiger partial charge in [-0.1, -0.05) is 19.1 Å². The number of aliphatic imine (C=N–C) groups is 1. The third kappa shape index (κ3) is 2.04. The van der Waals surface area contributed by atoms with Crippen molar-refractivity contribution in [3.63, 3.8) is 0 Å². The zero-order valence-electron chi connectivity index (χ0n) is 12.6. The van der Waals surface area contributed by atoms with Gasteiger partial charge in [0, 0.05) is 23.0 Å². The summed E-state index contributed by atoms with van der Waals surface area (Å²) in [7, 11) is 0. The fraction of sp³-hybridized carbons (Fsp3) is 0.533. The number of hydrogen-bond acceptors (Lipinski definition) is 6. The molecule has 3 atom stereocenters. The van der Waals surface area contributed by atoms with Crippen LogP contribution in [0.1, 0.15) is 26.2 Å². The molecule has 2 aliphatic rings. The van der Waals surface area contributed by atoms with Gasteiger partial charge in [-0.15, -0.1) is 0 Å². The maximum atomic E-state index is 11.8. The molecule has 2 saturated carbocycles. The van der Waals surface area contributed by atoms with E-state index in [1.165, 1.54) is 0 Å². The summed E-state index contributed by atoms with van der Waals surface area (Å²) in [6.07, 6.45) is 4.63. The van der Waals surface area contributed by atoms with Crippen LogP contribution < -0.4 is 17.0 Å². The van der Waals surface area contributed by atoms with Crippen LogP contribution in [0.5, 0.6) is 0 Å². The Morgan fingerprint density at radius 3 is 2.86 bits per heavy atom. The molecule has 7 heteroatoms. The van der Waals surface area contributed by atoms with Crippen molar-refractivity contribution in [1.82, 2.24) is 9.97 Å². The Kier molecular flexibility index (Phi) is 3.14. The Hall–Kier alpha value is -2.15. The van der Waals surface area contributed by atoms with Gasteiger partial charge in [0.05, 0.1) is 6.61 Å². The molecule has 2 fully saturated rings. The van der Waals surface area contributed by atoms with E-state index in [-0.39, 0.29) is 40.8 Å². The molecule has 3 rings (SSSR count). The Morgan fingerprint density at radius 1 is 1.55 bits per heavy atom. The van der Waals surface area contributed by atoms with Gasteiger partial charge in [-0.3, -0.25) is 14.8 Å². The Labute approximate surface area is 128 Å². The van der Waals surface area contributed by atoms with Gasteiger partial charge in [-0.05, 0) is 19.3 Å². The minimum Gasteiger partial charge on any atom is -0.395 e. The number of aromatic amines is 1. The maximum absolute atomic E-state index is 11.8. The molecule has 0 amide bonds. The van der Waals surface area contributed by atoms with Crippen molar-refractivity contribution in [1.29, 1.82) is 0 Å². The van der Waals surface area contributed by atoms with Crippen LogP contribution in [0, 0.1) is 16.7 Å². The minimum atomic E-state index is -0.443. The Balaban J connectivity index is 1.80. The summed E-state index contributed by atoms with van der Waals surface area (Å²) >= 11 is 0.